The Morgan fingerprint density at radius 3 is 2.33 bits per heavy atom. The summed E-state index contributed by atoms with van der Waals surface area (Å²) in [7, 11) is 0. The molecule has 108 valence electrons. The number of hydrogen-bond acceptors (Lipinski definition) is 3. The predicted octanol–water partition coefficient (Wildman–Crippen LogP) is 2.71. The molecule has 0 bridgehead atoms. The molecule has 2 atom stereocenters. The summed E-state index contributed by atoms with van der Waals surface area (Å²) >= 11 is 0. The zero-order valence-corrected chi connectivity index (χ0v) is 12.0. The molecule has 2 aromatic rings. The summed E-state index contributed by atoms with van der Waals surface area (Å²) in [5.41, 5.74) is 3.10. The van der Waals surface area contributed by atoms with E-state index in [1.54, 1.807) is 0 Å². The van der Waals surface area contributed by atoms with Crippen LogP contribution in [0.1, 0.15) is 0 Å². The van der Waals surface area contributed by atoms with E-state index in [2.05, 4.69) is 16.3 Å². The number of aromatic hydroxyl groups is 1. The normalized spacial score (nSPS) is 24.3. The standard InChI is InChI=1S/C18H20N2O/c21-18-8-16(20-11-14-9-19-10-15(14)12-20)6-7-17(18)13-4-2-1-3-5-13/h1-8,14-15,19,21H,9-12H2. The van der Waals surface area contributed by atoms with Gasteiger partial charge < -0.3 is 15.3 Å². The largest absolute Gasteiger partial charge is 0.507 e. The second kappa shape index (κ2) is 5.08. The predicted molar refractivity (Wildman–Crippen MR) is 85.6 cm³/mol. The van der Waals surface area contributed by atoms with Gasteiger partial charge in [-0.2, -0.15) is 0 Å². The lowest BCUT2D eigenvalue weighted by molar-refractivity contribution is 0.477. The van der Waals surface area contributed by atoms with Crippen molar-refractivity contribution in [2.45, 2.75) is 0 Å². The first kappa shape index (κ1) is 12.7. The lowest BCUT2D eigenvalue weighted by Gasteiger charge is -2.20. The van der Waals surface area contributed by atoms with Gasteiger partial charge in [-0.05, 0) is 29.5 Å². The molecule has 2 aromatic carbocycles. The SMILES string of the molecule is Oc1cc(N2CC3CNCC3C2)ccc1-c1ccccc1. The third-order valence-electron chi connectivity index (χ3n) is 4.82. The minimum atomic E-state index is 0.369. The van der Waals surface area contributed by atoms with Crippen LogP contribution < -0.4 is 10.2 Å². The van der Waals surface area contributed by atoms with Crippen LogP contribution in [0.2, 0.25) is 0 Å². The molecule has 21 heavy (non-hydrogen) atoms. The van der Waals surface area contributed by atoms with Crippen LogP contribution in [0.25, 0.3) is 11.1 Å². The number of hydrogen-bond donors (Lipinski definition) is 2. The van der Waals surface area contributed by atoms with Gasteiger partial charge >= 0.3 is 0 Å². The highest BCUT2D eigenvalue weighted by Gasteiger charge is 2.36. The zero-order valence-electron chi connectivity index (χ0n) is 12.0. The van der Waals surface area contributed by atoms with Crippen molar-refractivity contribution in [1.82, 2.24) is 5.32 Å². The highest BCUT2D eigenvalue weighted by molar-refractivity contribution is 5.73. The molecule has 0 aliphatic carbocycles. The van der Waals surface area contributed by atoms with E-state index in [1.165, 1.54) is 0 Å². The first-order chi connectivity index (χ1) is 10.3. The van der Waals surface area contributed by atoms with E-state index in [1.807, 2.05) is 42.5 Å². The van der Waals surface area contributed by atoms with Crippen LogP contribution in [0.3, 0.4) is 0 Å². The van der Waals surface area contributed by atoms with Gasteiger partial charge in [-0.1, -0.05) is 30.3 Å². The van der Waals surface area contributed by atoms with Crippen molar-refractivity contribution in [3.05, 3.63) is 48.5 Å². The van der Waals surface area contributed by atoms with Crippen molar-refractivity contribution in [2.24, 2.45) is 11.8 Å². The molecule has 0 saturated carbocycles. The fourth-order valence-corrected chi connectivity index (χ4v) is 3.64. The molecule has 0 spiro atoms. The third-order valence-corrected chi connectivity index (χ3v) is 4.82. The molecule has 2 saturated heterocycles. The van der Waals surface area contributed by atoms with Gasteiger partial charge in [-0.3, -0.25) is 0 Å². The highest BCUT2D eigenvalue weighted by atomic mass is 16.3. The molecule has 0 radical (unpaired) electrons. The van der Waals surface area contributed by atoms with E-state index in [9.17, 15) is 5.11 Å². The number of phenols is 1. The molecule has 0 aromatic heterocycles. The molecule has 0 amide bonds. The summed E-state index contributed by atoms with van der Waals surface area (Å²) in [6, 6.07) is 16.1. The molecule has 4 rings (SSSR count). The summed E-state index contributed by atoms with van der Waals surface area (Å²) in [5, 5.41) is 13.8. The molecule has 2 fully saturated rings. The van der Waals surface area contributed by atoms with Gasteiger partial charge in [-0.25, -0.2) is 0 Å². The molecule has 2 unspecified atom stereocenters. The molecule has 3 nitrogen and oxygen atoms in total. The highest BCUT2D eigenvalue weighted by Crippen LogP contribution is 2.36. The second-order valence-electron chi connectivity index (χ2n) is 6.15. The van der Waals surface area contributed by atoms with E-state index < -0.39 is 0 Å². The van der Waals surface area contributed by atoms with Crippen LogP contribution in [0.15, 0.2) is 48.5 Å². The Hall–Kier alpha value is -2.00. The Kier molecular flexibility index (Phi) is 3.08. The number of phenolic OH excluding ortho intramolecular Hbond substituents is 1. The summed E-state index contributed by atoms with van der Waals surface area (Å²) in [5.74, 6) is 1.90. The van der Waals surface area contributed by atoms with E-state index in [0.29, 0.717) is 5.75 Å². The lowest BCUT2D eigenvalue weighted by atomic mass is 10.0. The van der Waals surface area contributed by atoms with Gasteiger partial charge in [0.15, 0.2) is 0 Å². The number of benzene rings is 2. The van der Waals surface area contributed by atoms with Crippen molar-refractivity contribution in [3.63, 3.8) is 0 Å². The van der Waals surface area contributed by atoms with Crippen LogP contribution in [-0.4, -0.2) is 31.3 Å². The summed E-state index contributed by atoms with van der Waals surface area (Å²) in [6.07, 6.45) is 0. The molecule has 2 aliphatic heterocycles. The van der Waals surface area contributed by atoms with Gasteiger partial charge in [0.1, 0.15) is 5.75 Å². The smallest absolute Gasteiger partial charge is 0.125 e. The number of anilines is 1. The molecule has 3 heteroatoms. The summed E-state index contributed by atoms with van der Waals surface area (Å²) < 4.78 is 0. The fourth-order valence-electron chi connectivity index (χ4n) is 3.64. The Labute approximate surface area is 125 Å². The number of rotatable bonds is 2. The van der Waals surface area contributed by atoms with Crippen LogP contribution in [-0.2, 0) is 0 Å². The van der Waals surface area contributed by atoms with Gasteiger partial charge in [0.05, 0.1) is 0 Å². The average Bonchev–Trinajstić information content (AvgIpc) is 3.09. The maximum atomic E-state index is 10.4. The van der Waals surface area contributed by atoms with Gasteiger partial charge in [0.25, 0.3) is 0 Å². The van der Waals surface area contributed by atoms with Crippen molar-refractivity contribution >= 4 is 5.69 Å². The van der Waals surface area contributed by atoms with Gasteiger partial charge in [0, 0.05) is 43.5 Å². The van der Waals surface area contributed by atoms with E-state index in [4.69, 9.17) is 0 Å². The molecule has 2 aliphatic rings. The van der Waals surface area contributed by atoms with Crippen molar-refractivity contribution < 1.29 is 5.11 Å². The Bertz CT molecular complexity index is 629. The molecular formula is C18H20N2O. The van der Waals surface area contributed by atoms with Crippen molar-refractivity contribution in [2.75, 3.05) is 31.1 Å². The minimum Gasteiger partial charge on any atom is -0.507 e. The number of fused-ring (bicyclic) bond motifs is 1. The van der Waals surface area contributed by atoms with Crippen molar-refractivity contribution in [3.8, 4) is 16.9 Å². The zero-order chi connectivity index (χ0) is 14.2. The third kappa shape index (κ3) is 2.28. The van der Waals surface area contributed by atoms with Crippen LogP contribution in [0, 0.1) is 11.8 Å². The lowest BCUT2D eigenvalue weighted by Crippen LogP contribution is -2.25. The summed E-state index contributed by atoms with van der Waals surface area (Å²) in [4.78, 5) is 2.41. The monoisotopic (exact) mass is 280 g/mol. The second-order valence-corrected chi connectivity index (χ2v) is 6.15. The molecule has 2 heterocycles. The summed E-state index contributed by atoms with van der Waals surface area (Å²) in [6.45, 7) is 4.47. The maximum absolute atomic E-state index is 10.4. The first-order valence-electron chi connectivity index (χ1n) is 7.65. The first-order valence-corrected chi connectivity index (χ1v) is 7.65. The van der Waals surface area contributed by atoms with E-state index >= 15 is 0 Å². The molecule has 2 N–H and O–H groups in total. The Morgan fingerprint density at radius 1 is 0.952 bits per heavy atom. The average molecular weight is 280 g/mol. The number of nitrogens with zero attached hydrogens (tertiary/aromatic N) is 1. The quantitative estimate of drug-likeness (QED) is 0.888. The maximum Gasteiger partial charge on any atom is 0.125 e. The topological polar surface area (TPSA) is 35.5 Å². The van der Waals surface area contributed by atoms with Crippen LogP contribution in [0.4, 0.5) is 5.69 Å². The van der Waals surface area contributed by atoms with Crippen molar-refractivity contribution in [1.29, 1.82) is 0 Å². The number of nitrogens with one attached hydrogen (secondary N) is 1. The molecular weight excluding hydrogens is 260 g/mol. The van der Waals surface area contributed by atoms with Crippen LogP contribution >= 0.6 is 0 Å². The van der Waals surface area contributed by atoms with Gasteiger partial charge in [-0.15, -0.1) is 0 Å². The van der Waals surface area contributed by atoms with E-state index in [0.717, 1.165) is 54.8 Å². The van der Waals surface area contributed by atoms with Crippen LogP contribution in [0.5, 0.6) is 5.75 Å². The Balaban J connectivity index is 1.60. The van der Waals surface area contributed by atoms with Gasteiger partial charge in [0.2, 0.25) is 0 Å². The Morgan fingerprint density at radius 2 is 1.67 bits per heavy atom. The minimum absolute atomic E-state index is 0.369. The van der Waals surface area contributed by atoms with E-state index in [-0.39, 0.29) is 0 Å². The fraction of sp³-hybridized carbons (Fsp3) is 0.333.